The van der Waals surface area contributed by atoms with Crippen LogP contribution in [0.2, 0.25) is 0 Å². The molecule has 82 valence electrons. The van der Waals surface area contributed by atoms with Crippen LogP contribution in [0.25, 0.3) is 0 Å². The summed E-state index contributed by atoms with van der Waals surface area (Å²) in [5.41, 5.74) is 0. The highest BCUT2D eigenvalue weighted by Gasteiger charge is 2.43. The zero-order chi connectivity index (χ0) is 10.7. The molecule has 0 aromatic carbocycles. The zero-order valence-corrected chi connectivity index (χ0v) is 9.88. The molecule has 1 saturated heterocycles. The highest BCUT2D eigenvalue weighted by molar-refractivity contribution is 14.1. The Labute approximate surface area is 95.5 Å². The number of esters is 1. The summed E-state index contributed by atoms with van der Waals surface area (Å²) in [6.07, 6.45) is -2.65. The van der Waals surface area contributed by atoms with E-state index < -0.39 is 18.3 Å². The largest absolute Gasteiger partial charge is 0.456 e. The van der Waals surface area contributed by atoms with Crippen LogP contribution in [0.5, 0.6) is 0 Å². The smallest absolute Gasteiger partial charge is 0.316 e. The molecule has 0 aliphatic carbocycles. The Balaban J connectivity index is 2.56. The molecule has 1 aliphatic rings. The van der Waals surface area contributed by atoms with Crippen LogP contribution in [0.15, 0.2) is 0 Å². The summed E-state index contributed by atoms with van der Waals surface area (Å²) in [4.78, 5) is 11.0. The predicted octanol–water partition coefficient (Wildman–Crippen LogP) is -0.526. The van der Waals surface area contributed by atoms with Gasteiger partial charge in [-0.2, -0.15) is 0 Å². The number of halogens is 1. The number of hydrogen-bond acceptors (Lipinski definition) is 5. The molecule has 0 bridgehead atoms. The molecule has 0 radical (unpaired) electrons. The minimum atomic E-state index is -0.943. The lowest BCUT2D eigenvalue weighted by Crippen LogP contribution is -2.37. The van der Waals surface area contributed by atoms with Gasteiger partial charge in [0.2, 0.25) is 0 Å². The second-order valence-corrected chi connectivity index (χ2v) is 3.90. The molecule has 14 heavy (non-hydrogen) atoms. The van der Waals surface area contributed by atoms with Crippen molar-refractivity contribution in [1.29, 1.82) is 0 Å². The molecule has 1 aliphatic heterocycles. The lowest BCUT2D eigenvalue weighted by Gasteiger charge is -2.17. The molecular weight excluding hydrogens is 303 g/mol. The van der Waals surface area contributed by atoms with Gasteiger partial charge in [0.25, 0.3) is 0 Å². The lowest BCUT2D eigenvalue weighted by molar-refractivity contribution is -0.151. The molecule has 5 nitrogen and oxygen atoms in total. The van der Waals surface area contributed by atoms with Crippen LogP contribution in [0.3, 0.4) is 0 Å². The van der Waals surface area contributed by atoms with Crippen LogP contribution < -0.4 is 0 Å². The molecule has 0 saturated carbocycles. The van der Waals surface area contributed by atoms with Gasteiger partial charge in [-0.25, -0.2) is 0 Å². The van der Waals surface area contributed by atoms with Gasteiger partial charge in [0.15, 0.2) is 6.10 Å². The van der Waals surface area contributed by atoms with Crippen molar-refractivity contribution < 1.29 is 24.5 Å². The van der Waals surface area contributed by atoms with E-state index in [1.807, 2.05) is 22.6 Å². The summed E-state index contributed by atoms with van der Waals surface area (Å²) in [5, 5.41) is 18.4. The van der Waals surface area contributed by atoms with Crippen molar-refractivity contribution in [1.82, 2.24) is 0 Å². The van der Waals surface area contributed by atoms with Gasteiger partial charge in [0, 0.05) is 0 Å². The van der Waals surface area contributed by atoms with Crippen LogP contribution in [0.4, 0.5) is 0 Å². The van der Waals surface area contributed by atoms with E-state index in [1.165, 1.54) is 0 Å². The summed E-state index contributed by atoms with van der Waals surface area (Å²) in [6, 6.07) is 0. The number of carbonyl (C=O) groups is 1. The molecule has 2 N–H and O–H groups in total. The fourth-order valence-electron chi connectivity index (χ4n) is 1.42. The van der Waals surface area contributed by atoms with Gasteiger partial charge in [-0.1, -0.05) is 22.6 Å². The first-order valence-electron chi connectivity index (χ1n) is 4.30. The molecule has 0 amide bonds. The van der Waals surface area contributed by atoms with Crippen molar-refractivity contribution >= 4 is 28.6 Å². The van der Waals surface area contributed by atoms with Crippen molar-refractivity contribution in [3.8, 4) is 0 Å². The molecule has 1 unspecified atom stereocenters. The van der Waals surface area contributed by atoms with Crippen molar-refractivity contribution in [2.24, 2.45) is 0 Å². The Bertz CT molecular complexity index is 210. The first-order valence-corrected chi connectivity index (χ1v) is 5.82. The van der Waals surface area contributed by atoms with E-state index in [0.29, 0.717) is 0 Å². The van der Waals surface area contributed by atoms with Crippen LogP contribution >= 0.6 is 22.6 Å². The van der Waals surface area contributed by atoms with Crippen LogP contribution in [-0.4, -0.2) is 51.6 Å². The third-order valence-electron chi connectivity index (χ3n) is 2.13. The van der Waals surface area contributed by atoms with E-state index in [9.17, 15) is 9.90 Å². The average molecular weight is 316 g/mol. The number of aliphatic hydroxyl groups excluding tert-OH is 2. The van der Waals surface area contributed by atoms with Gasteiger partial charge in [-0.15, -0.1) is 0 Å². The topological polar surface area (TPSA) is 76.0 Å². The highest BCUT2D eigenvalue weighted by atomic mass is 127. The van der Waals surface area contributed by atoms with E-state index in [-0.39, 0.29) is 23.1 Å². The minimum Gasteiger partial charge on any atom is -0.456 e. The number of aliphatic hydroxyl groups is 2. The first kappa shape index (κ1) is 12.2. The van der Waals surface area contributed by atoms with Gasteiger partial charge in [0.05, 0.1) is 17.1 Å². The second-order valence-electron chi connectivity index (χ2n) is 3.14. The Hall–Kier alpha value is 0.0800. The number of carbonyl (C=O) groups excluding carboxylic acids is 1. The Morgan fingerprint density at radius 2 is 2.29 bits per heavy atom. The quantitative estimate of drug-likeness (QED) is 0.416. The SMILES string of the molecule is C[C@@H]1O[C@H](CO)[C@H](O)C1OC(=O)CI. The van der Waals surface area contributed by atoms with Crippen LogP contribution in [0, 0.1) is 0 Å². The van der Waals surface area contributed by atoms with Crippen LogP contribution in [0.1, 0.15) is 6.92 Å². The molecule has 6 heteroatoms. The summed E-state index contributed by atoms with van der Waals surface area (Å²) in [5.74, 6) is -0.385. The second kappa shape index (κ2) is 5.24. The molecule has 1 fully saturated rings. The van der Waals surface area contributed by atoms with Crippen molar-refractivity contribution in [3.63, 3.8) is 0 Å². The number of hydrogen-bond donors (Lipinski definition) is 2. The predicted molar refractivity (Wildman–Crippen MR) is 56.2 cm³/mol. The fourth-order valence-corrected chi connectivity index (χ4v) is 1.60. The van der Waals surface area contributed by atoms with E-state index in [0.717, 1.165) is 0 Å². The number of rotatable bonds is 3. The monoisotopic (exact) mass is 316 g/mol. The standard InChI is InChI=1S/C8H13IO5/c1-4-8(14-6(11)2-9)7(12)5(3-10)13-4/h4-5,7-8,10,12H,2-3H2,1H3/t4-,5+,7-,8?/m0/s1. The Morgan fingerprint density at radius 3 is 2.71 bits per heavy atom. The van der Waals surface area contributed by atoms with Crippen molar-refractivity contribution in [3.05, 3.63) is 0 Å². The summed E-state index contributed by atoms with van der Waals surface area (Å²) in [7, 11) is 0. The van der Waals surface area contributed by atoms with E-state index in [4.69, 9.17) is 14.6 Å². The molecule has 1 rings (SSSR count). The summed E-state index contributed by atoms with van der Waals surface area (Å²) >= 11 is 1.88. The Morgan fingerprint density at radius 1 is 1.64 bits per heavy atom. The molecule has 0 aromatic rings. The van der Waals surface area contributed by atoms with Crippen LogP contribution in [-0.2, 0) is 14.3 Å². The molecule has 0 spiro atoms. The summed E-state index contributed by atoms with van der Waals surface area (Å²) < 4.78 is 10.4. The third-order valence-corrected chi connectivity index (χ3v) is 2.75. The van der Waals surface area contributed by atoms with E-state index in [2.05, 4.69) is 0 Å². The van der Waals surface area contributed by atoms with Gasteiger partial charge < -0.3 is 19.7 Å². The average Bonchev–Trinajstić information content (AvgIpc) is 2.44. The fraction of sp³-hybridized carbons (Fsp3) is 0.875. The highest BCUT2D eigenvalue weighted by Crippen LogP contribution is 2.23. The third kappa shape index (κ3) is 2.56. The number of ether oxygens (including phenoxy) is 2. The zero-order valence-electron chi connectivity index (χ0n) is 7.72. The van der Waals surface area contributed by atoms with Crippen molar-refractivity contribution in [2.75, 3.05) is 11.0 Å². The van der Waals surface area contributed by atoms with Gasteiger partial charge in [-0.05, 0) is 6.92 Å². The van der Waals surface area contributed by atoms with E-state index >= 15 is 0 Å². The molecule has 1 heterocycles. The molecule has 4 atom stereocenters. The number of alkyl halides is 1. The first-order chi connectivity index (χ1) is 6.60. The minimum absolute atomic E-state index is 0.234. The maximum absolute atomic E-state index is 11.0. The van der Waals surface area contributed by atoms with Gasteiger partial charge in [0.1, 0.15) is 12.2 Å². The van der Waals surface area contributed by atoms with Gasteiger partial charge in [-0.3, -0.25) is 4.79 Å². The van der Waals surface area contributed by atoms with E-state index in [1.54, 1.807) is 6.92 Å². The Kier molecular flexibility index (Phi) is 4.55. The normalized spacial score (nSPS) is 37.1. The molecular formula is C8H13IO5. The lowest BCUT2D eigenvalue weighted by atomic mass is 10.1. The van der Waals surface area contributed by atoms with Crippen molar-refractivity contribution in [2.45, 2.75) is 31.3 Å². The maximum Gasteiger partial charge on any atom is 0.316 e. The maximum atomic E-state index is 11.0. The van der Waals surface area contributed by atoms with Gasteiger partial charge >= 0.3 is 5.97 Å². The molecule has 0 aromatic heterocycles. The summed E-state index contributed by atoms with van der Waals surface area (Å²) in [6.45, 7) is 1.42.